The van der Waals surface area contributed by atoms with E-state index in [0.717, 1.165) is 12.1 Å². The van der Waals surface area contributed by atoms with Crippen molar-refractivity contribution in [1.82, 2.24) is 0 Å². The van der Waals surface area contributed by atoms with Gasteiger partial charge in [-0.25, -0.2) is 4.39 Å². The van der Waals surface area contributed by atoms with E-state index in [9.17, 15) is 22.4 Å². The monoisotopic (exact) mass is 326 g/mol. The van der Waals surface area contributed by atoms with Crippen molar-refractivity contribution in [2.45, 2.75) is 19.6 Å². The van der Waals surface area contributed by atoms with Crippen molar-refractivity contribution < 1.29 is 22.4 Å². The van der Waals surface area contributed by atoms with E-state index in [0.29, 0.717) is 22.9 Å². The van der Waals surface area contributed by atoms with Gasteiger partial charge in [0.25, 0.3) is 0 Å². The second-order valence-corrected chi connectivity index (χ2v) is 5.09. The first kappa shape index (κ1) is 16.8. The molecule has 7 heteroatoms. The molecule has 0 radical (unpaired) electrons. The van der Waals surface area contributed by atoms with Crippen LogP contribution in [0.5, 0.6) is 0 Å². The van der Waals surface area contributed by atoms with Crippen LogP contribution in [0.3, 0.4) is 0 Å². The van der Waals surface area contributed by atoms with Gasteiger partial charge in [0.05, 0.1) is 5.56 Å². The van der Waals surface area contributed by atoms with Crippen molar-refractivity contribution in [2.24, 2.45) is 5.73 Å². The number of aryl methyl sites for hydroxylation is 1. The zero-order chi connectivity index (χ0) is 17.2. The van der Waals surface area contributed by atoms with Crippen molar-refractivity contribution in [3.8, 4) is 0 Å². The number of nitrogens with one attached hydrogen (secondary N) is 1. The van der Waals surface area contributed by atoms with Gasteiger partial charge in [-0.05, 0) is 54.4 Å². The SMILES string of the molecule is Cc1cc(NCc2cc(F)cc(C(F)(F)F)c2)ccc1C(N)=O. The van der Waals surface area contributed by atoms with E-state index in [4.69, 9.17) is 5.73 Å². The van der Waals surface area contributed by atoms with Crippen LogP contribution in [0.4, 0.5) is 23.2 Å². The van der Waals surface area contributed by atoms with Crippen LogP contribution in [0.1, 0.15) is 27.0 Å². The molecular formula is C16H14F4N2O. The highest BCUT2D eigenvalue weighted by Crippen LogP contribution is 2.30. The molecule has 0 heterocycles. The molecule has 1 amide bonds. The van der Waals surface area contributed by atoms with Crippen LogP contribution in [0, 0.1) is 12.7 Å². The van der Waals surface area contributed by atoms with Gasteiger partial charge >= 0.3 is 6.18 Å². The van der Waals surface area contributed by atoms with Crippen molar-refractivity contribution in [2.75, 3.05) is 5.32 Å². The molecule has 2 aromatic carbocycles. The predicted molar refractivity (Wildman–Crippen MR) is 78.4 cm³/mol. The first-order valence-electron chi connectivity index (χ1n) is 6.68. The smallest absolute Gasteiger partial charge is 0.381 e. The fourth-order valence-electron chi connectivity index (χ4n) is 2.17. The molecule has 0 aliphatic rings. The number of anilines is 1. The average molecular weight is 326 g/mol. The number of nitrogens with two attached hydrogens (primary N) is 1. The first-order valence-corrected chi connectivity index (χ1v) is 6.68. The summed E-state index contributed by atoms with van der Waals surface area (Å²) in [5.41, 5.74) is 5.91. The maximum Gasteiger partial charge on any atom is 0.416 e. The third-order valence-corrected chi connectivity index (χ3v) is 3.27. The van der Waals surface area contributed by atoms with E-state index in [-0.39, 0.29) is 12.1 Å². The molecule has 0 fully saturated rings. The van der Waals surface area contributed by atoms with E-state index in [1.165, 1.54) is 6.07 Å². The van der Waals surface area contributed by atoms with E-state index in [2.05, 4.69) is 5.32 Å². The van der Waals surface area contributed by atoms with E-state index in [1.54, 1.807) is 19.1 Å². The third kappa shape index (κ3) is 4.21. The van der Waals surface area contributed by atoms with Crippen molar-refractivity contribution in [1.29, 1.82) is 0 Å². The lowest BCUT2D eigenvalue weighted by molar-refractivity contribution is -0.137. The topological polar surface area (TPSA) is 55.1 Å². The van der Waals surface area contributed by atoms with Crippen LogP contribution < -0.4 is 11.1 Å². The zero-order valence-corrected chi connectivity index (χ0v) is 12.2. The van der Waals surface area contributed by atoms with Crippen LogP contribution in [-0.2, 0) is 12.7 Å². The normalized spacial score (nSPS) is 11.3. The molecule has 122 valence electrons. The molecule has 0 aliphatic carbocycles. The molecule has 0 aromatic heterocycles. The van der Waals surface area contributed by atoms with Crippen LogP contribution in [0.25, 0.3) is 0 Å². The summed E-state index contributed by atoms with van der Waals surface area (Å²) >= 11 is 0. The molecule has 0 atom stereocenters. The molecule has 0 saturated carbocycles. The average Bonchev–Trinajstić information content (AvgIpc) is 2.43. The van der Waals surface area contributed by atoms with Crippen molar-refractivity contribution >= 4 is 11.6 Å². The highest BCUT2D eigenvalue weighted by molar-refractivity contribution is 5.94. The summed E-state index contributed by atoms with van der Waals surface area (Å²) < 4.78 is 51.3. The van der Waals surface area contributed by atoms with Crippen LogP contribution in [-0.4, -0.2) is 5.91 Å². The van der Waals surface area contributed by atoms with Crippen LogP contribution in [0.15, 0.2) is 36.4 Å². The lowest BCUT2D eigenvalue weighted by Gasteiger charge is -2.12. The van der Waals surface area contributed by atoms with Gasteiger partial charge in [-0.3, -0.25) is 4.79 Å². The largest absolute Gasteiger partial charge is 0.416 e. The predicted octanol–water partition coefficient (Wildman–Crippen LogP) is 3.86. The third-order valence-electron chi connectivity index (χ3n) is 3.27. The van der Waals surface area contributed by atoms with Gasteiger partial charge in [0.2, 0.25) is 5.91 Å². The van der Waals surface area contributed by atoms with Gasteiger partial charge in [0.1, 0.15) is 5.82 Å². The molecule has 2 aromatic rings. The standard InChI is InChI=1S/C16H14F4N2O/c1-9-4-13(2-3-14(9)15(21)23)22-8-10-5-11(16(18,19)20)7-12(17)6-10/h2-7,22H,8H2,1H3,(H2,21,23). The van der Waals surface area contributed by atoms with Gasteiger partial charge in [-0.1, -0.05) is 0 Å². The number of carbonyl (C=O) groups is 1. The molecule has 0 spiro atoms. The number of alkyl halides is 3. The Balaban J connectivity index is 2.17. The number of hydrogen-bond acceptors (Lipinski definition) is 2. The molecule has 23 heavy (non-hydrogen) atoms. The Bertz CT molecular complexity index is 741. The van der Waals surface area contributed by atoms with Gasteiger partial charge < -0.3 is 11.1 Å². The highest BCUT2D eigenvalue weighted by Gasteiger charge is 2.31. The van der Waals surface area contributed by atoms with Gasteiger partial charge in [-0.15, -0.1) is 0 Å². The number of hydrogen-bond donors (Lipinski definition) is 2. The minimum absolute atomic E-state index is 0.0101. The fraction of sp³-hybridized carbons (Fsp3) is 0.188. The van der Waals surface area contributed by atoms with Gasteiger partial charge in [-0.2, -0.15) is 13.2 Å². The summed E-state index contributed by atoms with van der Waals surface area (Å²) in [6.07, 6.45) is -4.60. The molecule has 0 unspecified atom stereocenters. The lowest BCUT2D eigenvalue weighted by Crippen LogP contribution is -2.13. The Labute approximate surface area is 130 Å². The van der Waals surface area contributed by atoms with E-state index < -0.39 is 23.5 Å². The number of benzene rings is 2. The number of halogens is 4. The summed E-state index contributed by atoms with van der Waals surface area (Å²) in [7, 11) is 0. The summed E-state index contributed by atoms with van der Waals surface area (Å²) in [4.78, 5) is 11.1. The van der Waals surface area contributed by atoms with Crippen molar-refractivity contribution in [3.05, 3.63) is 64.5 Å². The number of primary amides is 1. The maximum atomic E-state index is 13.3. The van der Waals surface area contributed by atoms with Crippen LogP contribution >= 0.6 is 0 Å². The Morgan fingerprint density at radius 2 is 1.87 bits per heavy atom. The van der Waals surface area contributed by atoms with E-state index >= 15 is 0 Å². The summed E-state index contributed by atoms with van der Waals surface area (Å²) in [5.74, 6) is -1.51. The maximum absolute atomic E-state index is 13.3. The zero-order valence-electron chi connectivity index (χ0n) is 12.2. The molecular weight excluding hydrogens is 312 g/mol. The van der Waals surface area contributed by atoms with Gasteiger partial charge in [0, 0.05) is 17.8 Å². The molecule has 0 saturated heterocycles. The Morgan fingerprint density at radius 1 is 1.17 bits per heavy atom. The lowest BCUT2D eigenvalue weighted by atomic mass is 10.1. The first-order chi connectivity index (χ1) is 10.7. The number of rotatable bonds is 4. The minimum atomic E-state index is -4.60. The second-order valence-electron chi connectivity index (χ2n) is 5.09. The molecule has 0 bridgehead atoms. The molecule has 0 aliphatic heterocycles. The van der Waals surface area contributed by atoms with Crippen LogP contribution in [0.2, 0.25) is 0 Å². The van der Waals surface area contributed by atoms with E-state index in [1.807, 2.05) is 0 Å². The Morgan fingerprint density at radius 3 is 2.43 bits per heavy atom. The fourth-order valence-corrected chi connectivity index (χ4v) is 2.17. The summed E-state index contributed by atoms with van der Waals surface area (Å²) in [6.45, 7) is 1.70. The summed E-state index contributed by atoms with van der Waals surface area (Å²) in [5, 5.41) is 2.89. The Hall–Kier alpha value is -2.57. The quantitative estimate of drug-likeness (QED) is 0.838. The molecule has 3 nitrogen and oxygen atoms in total. The highest BCUT2D eigenvalue weighted by atomic mass is 19.4. The second kappa shape index (κ2) is 6.28. The molecule has 3 N–H and O–H groups in total. The van der Waals surface area contributed by atoms with Crippen molar-refractivity contribution in [3.63, 3.8) is 0 Å². The number of carbonyl (C=O) groups excluding carboxylic acids is 1. The van der Waals surface area contributed by atoms with Gasteiger partial charge in [0.15, 0.2) is 0 Å². The summed E-state index contributed by atoms with van der Waals surface area (Å²) in [6, 6.07) is 7.12. The molecule has 2 rings (SSSR count). The minimum Gasteiger partial charge on any atom is -0.381 e. The number of amides is 1. The Kier molecular flexibility index (Phi) is 4.58.